The lowest BCUT2D eigenvalue weighted by atomic mass is 10.4. The molecule has 0 aliphatic heterocycles. The minimum atomic E-state index is -0.231. The Morgan fingerprint density at radius 2 is 2.35 bits per heavy atom. The molecule has 5 heteroatoms. The van der Waals surface area contributed by atoms with Gasteiger partial charge in [0.2, 0.25) is 0 Å². The van der Waals surface area contributed by atoms with Crippen molar-refractivity contribution in [2.45, 2.75) is 26.8 Å². The molecule has 1 rings (SSSR count). The summed E-state index contributed by atoms with van der Waals surface area (Å²) in [5, 5.41) is 9.23. The van der Waals surface area contributed by atoms with Crippen molar-refractivity contribution in [2.75, 3.05) is 6.61 Å². The molecule has 0 aromatic carbocycles. The highest BCUT2D eigenvalue weighted by Gasteiger charge is 2.04. The monoisotopic (exact) mass is 235 g/mol. The lowest BCUT2D eigenvalue weighted by Crippen LogP contribution is -2.29. The second-order valence-corrected chi connectivity index (χ2v) is 3.39. The molecule has 0 aliphatic carbocycles. The Bertz CT molecular complexity index is 502. The quantitative estimate of drug-likeness (QED) is 0.674. The second kappa shape index (κ2) is 6.62. The van der Waals surface area contributed by atoms with Crippen LogP contribution >= 0.6 is 0 Å². The molecular weight excluding hydrogens is 218 g/mol. The van der Waals surface area contributed by atoms with Crippen LogP contribution in [0.2, 0.25) is 0 Å². The van der Waals surface area contributed by atoms with E-state index in [2.05, 4.69) is 16.9 Å². The third-order valence-corrected chi connectivity index (χ3v) is 2.13. The molecule has 0 saturated heterocycles. The summed E-state index contributed by atoms with van der Waals surface area (Å²) < 4.78 is 6.50. The molecule has 0 fully saturated rings. The summed E-state index contributed by atoms with van der Waals surface area (Å²) in [6, 6.07) is 0. The predicted octanol–water partition coefficient (Wildman–Crippen LogP) is -0.00180. The van der Waals surface area contributed by atoms with Crippen LogP contribution in [0.25, 0.3) is 12.7 Å². The topological polar surface area (TPSA) is 57.0 Å². The van der Waals surface area contributed by atoms with E-state index in [4.69, 9.17) is 4.74 Å². The second-order valence-electron chi connectivity index (χ2n) is 3.39. The maximum Gasteiger partial charge on any atom is 0.307 e. The van der Waals surface area contributed by atoms with Crippen molar-refractivity contribution in [3.05, 3.63) is 22.9 Å². The summed E-state index contributed by atoms with van der Waals surface area (Å²) in [5.74, 6) is -0.231. The first-order valence-corrected chi connectivity index (χ1v) is 5.56. The van der Waals surface area contributed by atoms with Crippen molar-refractivity contribution in [3.8, 4) is 0 Å². The van der Waals surface area contributed by atoms with Crippen LogP contribution in [0.1, 0.15) is 20.3 Å². The van der Waals surface area contributed by atoms with E-state index in [1.165, 1.54) is 0 Å². The van der Waals surface area contributed by atoms with Crippen LogP contribution in [0.4, 0.5) is 0 Å². The van der Waals surface area contributed by atoms with Crippen molar-refractivity contribution in [1.29, 1.82) is 0 Å². The van der Waals surface area contributed by atoms with E-state index in [-0.39, 0.29) is 12.4 Å². The van der Waals surface area contributed by atoms with Gasteiger partial charge in [0.1, 0.15) is 5.35 Å². The minimum Gasteiger partial charge on any atom is -0.466 e. The van der Waals surface area contributed by atoms with Gasteiger partial charge in [-0.15, -0.1) is 5.10 Å². The maximum atomic E-state index is 11.2. The van der Waals surface area contributed by atoms with Gasteiger partial charge in [-0.25, -0.2) is 4.68 Å². The van der Waals surface area contributed by atoms with E-state index in [0.29, 0.717) is 18.5 Å². The summed E-state index contributed by atoms with van der Waals surface area (Å²) in [5.41, 5.74) is 0. The molecule has 1 heterocycles. The fourth-order valence-corrected chi connectivity index (χ4v) is 1.32. The summed E-state index contributed by atoms with van der Waals surface area (Å²) in [6.45, 7) is 8.34. The van der Waals surface area contributed by atoms with E-state index >= 15 is 0 Å². The summed E-state index contributed by atoms with van der Waals surface area (Å²) in [7, 11) is 0. The average Bonchev–Trinajstić information content (AvgIpc) is 2.65. The lowest BCUT2D eigenvalue weighted by Gasteiger charge is -2.01. The zero-order valence-electron chi connectivity index (χ0n) is 10.2. The Morgan fingerprint density at radius 1 is 1.59 bits per heavy atom. The number of aryl methyl sites for hydroxylation is 1. The van der Waals surface area contributed by atoms with Crippen LogP contribution < -0.4 is 10.7 Å². The van der Waals surface area contributed by atoms with Crippen LogP contribution in [0, 0.1) is 0 Å². The van der Waals surface area contributed by atoms with Crippen LogP contribution in [-0.4, -0.2) is 27.6 Å². The molecule has 0 saturated carbocycles. The van der Waals surface area contributed by atoms with Crippen molar-refractivity contribution in [2.24, 2.45) is 0 Å². The Balaban J connectivity index is 2.79. The lowest BCUT2D eigenvalue weighted by molar-refractivity contribution is -0.143. The summed E-state index contributed by atoms with van der Waals surface area (Å²) in [6.07, 6.45) is 5.94. The normalized spacial score (nSPS) is 12.2. The van der Waals surface area contributed by atoms with Crippen LogP contribution in [-0.2, 0) is 16.1 Å². The van der Waals surface area contributed by atoms with E-state index in [1.807, 2.05) is 25.2 Å². The zero-order valence-corrected chi connectivity index (χ0v) is 10.2. The Morgan fingerprint density at radius 3 is 3.00 bits per heavy atom. The molecular formula is C12H17N3O2. The molecule has 0 bridgehead atoms. The first-order chi connectivity index (χ1) is 8.19. The number of nitrogens with zero attached hydrogens (tertiary/aromatic N) is 3. The van der Waals surface area contributed by atoms with E-state index in [0.717, 1.165) is 5.35 Å². The number of esters is 1. The number of hydrogen-bond acceptors (Lipinski definition) is 4. The molecule has 0 unspecified atom stereocenters. The van der Waals surface area contributed by atoms with Gasteiger partial charge in [0.15, 0.2) is 0 Å². The van der Waals surface area contributed by atoms with Gasteiger partial charge >= 0.3 is 5.97 Å². The molecule has 0 N–H and O–H groups in total. The molecule has 0 spiro atoms. The first-order valence-electron chi connectivity index (χ1n) is 5.56. The highest BCUT2D eigenvalue weighted by molar-refractivity contribution is 5.69. The number of rotatable bonds is 5. The van der Waals surface area contributed by atoms with E-state index in [9.17, 15) is 4.79 Å². The van der Waals surface area contributed by atoms with Crippen molar-refractivity contribution in [1.82, 2.24) is 15.0 Å². The molecule has 0 amide bonds. The molecule has 0 aliphatic rings. The molecule has 92 valence electrons. The van der Waals surface area contributed by atoms with Gasteiger partial charge in [-0.2, -0.15) is 0 Å². The van der Waals surface area contributed by atoms with Gasteiger partial charge in [-0.3, -0.25) is 4.79 Å². The summed E-state index contributed by atoms with van der Waals surface area (Å²) >= 11 is 0. The molecule has 0 radical (unpaired) electrons. The number of ether oxygens (including phenoxy) is 1. The number of carbonyl (C=O) groups is 1. The highest BCUT2D eigenvalue weighted by Crippen LogP contribution is 1.88. The van der Waals surface area contributed by atoms with Gasteiger partial charge in [-0.05, 0) is 19.9 Å². The first kappa shape index (κ1) is 13.2. The van der Waals surface area contributed by atoms with Gasteiger partial charge in [0.25, 0.3) is 0 Å². The molecule has 1 aromatic heterocycles. The Labute approximate surface area is 100 Å². The van der Waals surface area contributed by atoms with Crippen LogP contribution in [0.5, 0.6) is 0 Å². The molecule has 17 heavy (non-hydrogen) atoms. The van der Waals surface area contributed by atoms with Crippen molar-refractivity contribution >= 4 is 18.6 Å². The third kappa shape index (κ3) is 3.86. The van der Waals surface area contributed by atoms with Crippen LogP contribution in [0.3, 0.4) is 0 Å². The number of carbonyl (C=O) groups excluding carboxylic acids is 1. The van der Waals surface area contributed by atoms with E-state index in [1.54, 1.807) is 11.6 Å². The van der Waals surface area contributed by atoms with Crippen LogP contribution in [0.15, 0.2) is 12.2 Å². The van der Waals surface area contributed by atoms with E-state index < -0.39 is 0 Å². The number of allylic oxidation sites excluding steroid dienone is 2. The van der Waals surface area contributed by atoms with Gasteiger partial charge in [0, 0.05) is 0 Å². The molecule has 1 aromatic rings. The third-order valence-electron chi connectivity index (χ3n) is 2.13. The fraction of sp³-hybridized carbons (Fsp3) is 0.417. The SMILES string of the molecule is C=c1nnn(CCC(=O)OCC)/c1=C/C=C\C. The number of aromatic nitrogens is 3. The maximum absolute atomic E-state index is 11.2. The van der Waals surface area contributed by atoms with Gasteiger partial charge in [-0.1, -0.05) is 23.9 Å². The predicted molar refractivity (Wildman–Crippen MR) is 65.3 cm³/mol. The van der Waals surface area contributed by atoms with Crippen molar-refractivity contribution < 1.29 is 9.53 Å². The van der Waals surface area contributed by atoms with Crippen molar-refractivity contribution in [3.63, 3.8) is 0 Å². The minimum absolute atomic E-state index is 0.231. The number of hydrogen-bond donors (Lipinski definition) is 0. The largest absolute Gasteiger partial charge is 0.466 e. The van der Waals surface area contributed by atoms with Gasteiger partial charge in [0.05, 0.1) is 24.9 Å². The fourth-order valence-electron chi connectivity index (χ4n) is 1.32. The Kier molecular flexibility index (Phi) is 5.13. The molecule has 5 nitrogen and oxygen atoms in total. The van der Waals surface area contributed by atoms with Gasteiger partial charge < -0.3 is 4.74 Å². The molecule has 0 atom stereocenters. The summed E-state index contributed by atoms with van der Waals surface area (Å²) in [4.78, 5) is 11.2. The zero-order chi connectivity index (χ0) is 12.7. The smallest absolute Gasteiger partial charge is 0.307 e. The average molecular weight is 235 g/mol. The Hall–Kier alpha value is -1.91. The highest BCUT2D eigenvalue weighted by atomic mass is 16.5. The standard InChI is InChI=1S/C12H17N3O2/c1-4-6-7-11-10(3)13-14-15(11)9-8-12(16)17-5-2/h4,6-7H,3,5,8-9H2,1-2H3/b6-4-,11-7+.